The number of hydrogen-bond acceptors (Lipinski definition) is 6. The van der Waals surface area contributed by atoms with Crippen molar-refractivity contribution in [2.75, 3.05) is 36.6 Å². The van der Waals surface area contributed by atoms with E-state index in [1.807, 2.05) is 32.0 Å². The van der Waals surface area contributed by atoms with Gasteiger partial charge >= 0.3 is 5.97 Å². The molecule has 1 saturated heterocycles. The van der Waals surface area contributed by atoms with Crippen LogP contribution in [0.5, 0.6) is 11.5 Å². The van der Waals surface area contributed by atoms with Gasteiger partial charge in [0.15, 0.2) is 18.1 Å². The first kappa shape index (κ1) is 22.6. The van der Waals surface area contributed by atoms with Crippen LogP contribution < -0.4 is 19.7 Å². The topological polar surface area (TPSA) is 94.2 Å². The van der Waals surface area contributed by atoms with Gasteiger partial charge in [-0.2, -0.15) is 0 Å². The average Bonchev–Trinajstić information content (AvgIpc) is 3.24. The van der Waals surface area contributed by atoms with Crippen LogP contribution in [-0.4, -0.2) is 44.1 Å². The minimum atomic E-state index is -0.632. The molecule has 2 aliphatic heterocycles. The smallest absolute Gasteiger partial charge is 0.311 e. The Labute approximate surface area is 192 Å². The Bertz CT molecular complexity index is 1040. The lowest BCUT2D eigenvalue weighted by atomic mass is 10.0. The van der Waals surface area contributed by atoms with E-state index in [2.05, 4.69) is 5.32 Å². The number of ether oxygens (including phenoxy) is 3. The highest BCUT2D eigenvalue weighted by atomic mass is 16.6. The predicted molar refractivity (Wildman–Crippen MR) is 123 cm³/mol. The standard InChI is InChI=1S/C25H28N2O6/c1-3-16-6-5-7-17(4-2)24(16)26-22(28)15-33-25(30)18-12-23(29)27(14-18)19-8-9-20-21(13-19)32-11-10-31-20/h5-9,13,18H,3-4,10-12,14-15H2,1-2H3,(H,26,28)/t18-/m1/s1. The molecule has 2 aromatic rings. The Kier molecular flexibility index (Phi) is 6.82. The molecule has 0 aromatic heterocycles. The van der Waals surface area contributed by atoms with Crippen molar-refractivity contribution in [3.63, 3.8) is 0 Å². The molecule has 0 spiro atoms. The zero-order valence-electron chi connectivity index (χ0n) is 18.9. The van der Waals surface area contributed by atoms with E-state index in [0.29, 0.717) is 30.4 Å². The van der Waals surface area contributed by atoms with Crippen LogP contribution >= 0.6 is 0 Å². The monoisotopic (exact) mass is 452 g/mol. The molecule has 2 amide bonds. The maximum absolute atomic E-state index is 12.6. The molecule has 0 aliphatic carbocycles. The molecule has 2 aromatic carbocycles. The molecule has 0 unspecified atom stereocenters. The first-order chi connectivity index (χ1) is 16.0. The predicted octanol–water partition coefficient (Wildman–Crippen LogP) is 3.12. The number of rotatable bonds is 7. The zero-order chi connectivity index (χ0) is 23.4. The van der Waals surface area contributed by atoms with E-state index in [1.54, 1.807) is 18.2 Å². The summed E-state index contributed by atoms with van der Waals surface area (Å²) in [4.78, 5) is 39.1. The van der Waals surface area contributed by atoms with Crippen LogP contribution in [0.4, 0.5) is 11.4 Å². The van der Waals surface area contributed by atoms with Gasteiger partial charge in [0.1, 0.15) is 13.2 Å². The van der Waals surface area contributed by atoms with Crippen LogP contribution in [0.2, 0.25) is 0 Å². The van der Waals surface area contributed by atoms with Crippen molar-refractivity contribution in [2.24, 2.45) is 5.92 Å². The van der Waals surface area contributed by atoms with Crippen molar-refractivity contribution in [1.29, 1.82) is 0 Å². The normalized spacial score (nSPS) is 17.1. The molecule has 1 fully saturated rings. The van der Waals surface area contributed by atoms with E-state index in [0.717, 1.165) is 29.7 Å². The number of para-hydroxylation sites is 1. The molecule has 1 N–H and O–H groups in total. The molecule has 2 aliphatic rings. The van der Waals surface area contributed by atoms with Gasteiger partial charge in [0.2, 0.25) is 5.91 Å². The number of aryl methyl sites for hydroxylation is 2. The van der Waals surface area contributed by atoms with E-state index in [9.17, 15) is 14.4 Å². The molecular weight excluding hydrogens is 424 g/mol. The number of amides is 2. The third kappa shape index (κ3) is 4.94. The van der Waals surface area contributed by atoms with Crippen molar-refractivity contribution < 1.29 is 28.6 Å². The summed E-state index contributed by atoms with van der Waals surface area (Å²) in [7, 11) is 0. The van der Waals surface area contributed by atoms with Gasteiger partial charge in [-0.3, -0.25) is 14.4 Å². The Hall–Kier alpha value is -3.55. The highest BCUT2D eigenvalue weighted by Crippen LogP contribution is 2.36. The van der Waals surface area contributed by atoms with Crippen molar-refractivity contribution in [2.45, 2.75) is 33.1 Å². The Balaban J connectivity index is 1.34. The molecule has 8 nitrogen and oxygen atoms in total. The van der Waals surface area contributed by atoms with Gasteiger partial charge in [0, 0.05) is 30.4 Å². The minimum absolute atomic E-state index is 0.0353. The largest absolute Gasteiger partial charge is 0.486 e. The van der Waals surface area contributed by atoms with Crippen LogP contribution in [0.1, 0.15) is 31.4 Å². The summed E-state index contributed by atoms with van der Waals surface area (Å²) in [5.74, 6) is -0.553. The summed E-state index contributed by atoms with van der Waals surface area (Å²) < 4.78 is 16.3. The fourth-order valence-electron chi connectivity index (χ4n) is 4.15. The fourth-order valence-corrected chi connectivity index (χ4v) is 4.15. The third-order valence-electron chi connectivity index (χ3n) is 5.90. The molecular formula is C25H28N2O6. The van der Waals surface area contributed by atoms with Gasteiger partial charge in [0.05, 0.1) is 5.92 Å². The van der Waals surface area contributed by atoms with Crippen molar-refractivity contribution >= 4 is 29.2 Å². The molecule has 8 heteroatoms. The van der Waals surface area contributed by atoms with Crippen LogP contribution in [0.3, 0.4) is 0 Å². The van der Waals surface area contributed by atoms with Crippen molar-refractivity contribution in [3.05, 3.63) is 47.5 Å². The Morgan fingerprint density at radius 2 is 1.76 bits per heavy atom. The second kappa shape index (κ2) is 9.94. The van der Waals surface area contributed by atoms with Crippen LogP contribution in [0.15, 0.2) is 36.4 Å². The molecule has 2 heterocycles. The van der Waals surface area contributed by atoms with Crippen molar-refractivity contribution in [3.8, 4) is 11.5 Å². The number of nitrogens with zero attached hydrogens (tertiary/aromatic N) is 1. The highest BCUT2D eigenvalue weighted by molar-refractivity contribution is 6.00. The Morgan fingerprint density at radius 1 is 1.06 bits per heavy atom. The van der Waals surface area contributed by atoms with E-state index in [4.69, 9.17) is 14.2 Å². The number of carbonyl (C=O) groups excluding carboxylic acids is 3. The van der Waals surface area contributed by atoms with E-state index in [-0.39, 0.29) is 18.9 Å². The van der Waals surface area contributed by atoms with E-state index in [1.165, 1.54) is 4.90 Å². The first-order valence-corrected chi connectivity index (χ1v) is 11.3. The molecule has 0 saturated carbocycles. The van der Waals surface area contributed by atoms with Gasteiger partial charge in [-0.15, -0.1) is 0 Å². The van der Waals surface area contributed by atoms with E-state index < -0.39 is 24.4 Å². The maximum atomic E-state index is 12.6. The van der Waals surface area contributed by atoms with E-state index >= 15 is 0 Å². The molecule has 0 bridgehead atoms. The summed E-state index contributed by atoms with van der Waals surface area (Å²) in [5, 5.41) is 2.88. The minimum Gasteiger partial charge on any atom is -0.486 e. The number of benzene rings is 2. The SMILES string of the molecule is CCc1cccc(CC)c1NC(=O)COC(=O)[C@@H]1CC(=O)N(c2ccc3c(c2)OCCO3)C1. The molecule has 174 valence electrons. The number of esters is 1. The quantitative estimate of drug-likeness (QED) is 0.649. The van der Waals surface area contributed by atoms with Gasteiger partial charge in [-0.1, -0.05) is 32.0 Å². The molecule has 33 heavy (non-hydrogen) atoms. The average molecular weight is 453 g/mol. The fraction of sp³-hybridized carbons (Fsp3) is 0.400. The van der Waals surface area contributed by atoms with Gasteiger partial charge in [-0.05, 0) is 36.1 Å². The van der Waals surface area contributed by atoms with Crippen molar-refractivity contribution in [1.82, 2.24) is 0 Å². The molecule has 4 rings (SSSR count). The third-order valence-corrected chi connectivity index (χ3v) is 5.90. The lowest BCUT2D eigenvalue weighted by Gasteiger charge is -2.22. The van der Waals surface area contributed by atoms with Gasteiger partial charge in [-0.25, -0.2) is 0 Å². The number of fused-ring (bicyclic) bond motifs is 1. The van der Waals surface area contributed by atoms with Gasteiger partial charge in [0.25, 0.3) is 5.91 Å². The second-order valence-electron chi connectivity index (χ2n) is 8.05. The lowest BCUT2D eigenvalue weighted by Crippen LogP contribution is -2.28. The summed E-state index contributed by atoms with van der Waals surface area (Å²) >= 11 is 0. The summed E-state index contributed by atoms with van der Waals surface area (Å²) in [6.07, 6.45) is 1.60. The van der Waals surface area contributed by atoms with Crippen LogP contribution in [-0.2, 0) is 32.0 Å². The second-order valence-corrected chi connectivity index (χ2v) is 8.05. The maximum Gasteiger partial charge on any atom is 0.311 e. The summed E-state index contributed by atoms with van der Waals surface area (Å²) in [6, 6.07) is 11.2. The lowest BCUT2D eigenvalue weighted by molar-refractivity contribution is -0.151. The number of nitrogens with one attached hydrogen (secondary N) is 1. The molecule has 0 radical (unpaired) electrons. The van der Waals surface area contributed by atoms with Gasteiger partial charge < -0.3 is 24.4 Å². The highest BCUT2D eigenvalue weighted by Gasteiger charge is 2.37. The number of anilines is 2. The number of hydrogen-bond donors (Lipinski definition) is 1. The number of carbonyl (C=O) groups is 3. The molecule has 1 atom stereocenters. The summed E-state index contributed by atoms with van der Waals surface area (Å²) in [6.45, 7) is 4.78. The zero-order valence-corrected chi connectivity index (χ0v) is 18.9. The first-order valence-electron chi connectivity index (χ1n) is 11.3. The summed E-state index contributed by atoms with van der Waals surface area (Å²) in [5.41, 5.74) is 3.49. The Morgan fingerprint density at radius 3 is 2.45 bits per heavy atom. The van der Waals surface area contributed by atoms with Crippen LogP contribution in [0, 0.1) is 5.92 Å². The van der Waals surface area contributed by atoms with Crippen LogP contribution in [0.25, 0.3) is 0 Å².